The average Bonchev–Trinajstić information content (AvgIpc) is 3.16. The summed E-state index contributed by atoms with van der Waals surface area (Å²) in [6.07, 6.45) is 33.6. The maximum atomic E-state index is 12.9. The van der Waals surface area contributed by atoms with Crippen molar-refractivity contribution < 1.29 is 39.8 Å². The van der Waals surface area contributed by atoms with Gasteiger partial charge in [0.05, 0.1) is 25.4 Å². The van der Waals surface area contributed by atoms with Crippen LogP contribution in [0.4, 0.5) is 0 Å². The summed E-state index contributed by atoms with van der Waals surface area (Å²) in [5.41, 5.74) is 0. The lowest BCUT2D eigenvalue weighted by atomic mass is 9.99. The van der Waals surface area contributed by atoms with E-state index in [9.17, 15) is 30.3 Å². The second-order valence-electron chi connectivity index (χ2n) is 15.5. The third kappa shape index (κ3) is 26.2. The number of carbonyl (C=O) groups is 1. The van der Waals surface area contributed by atoms with Crippen molar-refractivity contribution in [1.82, 2.24) is 5.32 Å². The van der Waals surface area contributed by atoms with Gasteiger partial charge in [-0.25, -0.2) is 0 Å². The summed E-state index contributed by atoms with van der Waals surface area (Å²) in [5, 5.41) is 54.1. The standard InChI is InChI=1S/C44H83NO8/c1-3-5-7-9-11-13-15-17-18-19-20-22-24-26-28-30-32-34-40(48)45-37(36-52-44-43(51)42(50)41(49)39(35-46)53-44)38(47)33-31-29-27-25-23-21-16-14-12-10-8-6-4-2/h8,10,31,33,37-39,41-44,46-47,49-51H,3-7,9,11-30,32,34-36H2,1-2H3,(H,45,48)/b10-8+,33-31+/t37-,38+,39-,41-,42?,43?,44-/m0/s1. The Morgan fingerprint density at radius 1 is 0.623 bits per heavy atom. The first-order valence-corrected chi connectivity index (χ1v) is 22.1. The molecule has 1 saturated heterocycles. The number of ether oxygens (including phenoxy) is 2. The van der Waals surface area contributed by atoms with Gasteiger partial charge in [0.2, 0.25) is 5.91 Å². The van der Waals surface area contributed by atoms with E-state index in [0.717, 1.165) is 44.9 Å². The zero-order chi connectivity index (χ0) is 38.8. The average molecular weight is 754 g/mol. The number of hydrogen-bond donors (Lipinski definition) is 6. The third-order valence-electron chi connectivity index (χ3n) is 10.5. The van der Waals surface area contributed by atoms with Crippen LogP contribution in [-0.2, 0) is 14.3 Å². The predicted molar refractivity (Wildman–Crippen MR) is 217 cm³/mol. The number of hydrogen-bond acceptors (Lipinski definition) is 8. The minimum absolute atomic E-state index is 0.179. The molecule has 0 bridgehead atoms. The molecule has 1 fully saturated rings. The molecule has 1 amide bonds. The van der Waals surface area contributed by atoms with Gasteiger partial charge < -0.3 is 40.3 Å². The molecule has 0 saturated carbocycles. The number of carbonyl (C=O) groups excluding carboxylic acids is 1. The minimum atomic E-state index is -1.56. The first-order chi connectivity index (χ1) is 25.8. The van der Waals surface area contributed by atoms with Crippen LogP contribution in [0.2, 0.25) is 0 Å². The van der Waals surface area contributed by atoms with Crippen LogP contribution >= 0.6 is 0 Å². The molecule has 9 nitrogen and oxygen atoms in total. The Morgan fingerprint density at radius 3 is 1.60 bits per heavy atom. The molecule has 2 unspecified atom stereocenters. The van der Waals surface area contributed by atoms with Gasteiger partial charge in [0.1, 0.15) is 24.4 Å². The molecule has 1 aliphatic rings. The fourth-order valence-electron chi connectivity index (χ4n) is 6.92. The molecule has 0 spiro atoms. The SMILES string of the molecule is CCC/C=C/CCCCCCCC/C=C/[C@@H](O)[C@H](CO[C@H]1O[C@@H](CO)[C@H](O)C(O)C1O)NC(=O)CCCCCCCCCCCCCCCCCCC. The van der Waals surface area contributed by atoms with E-state index < -0.39 is 49.5 Å². The zero-order valence-electron chi connectivity index (χ0n) is 34.0. The van der Waals surface area contributed by atoms with Crippen LogP contribution in [0.15, 0.2) is 24.3 Å². The number of unbranched alkanes of at least 4 members (excludes halogenated alkanes) is 24. The molecule has 1 rings (SSSR count). The highest BCUT2D eigenvalue weighted by molar-refractivity contribution is 5.76. The number of aliphatic hydroxyl groups excluding tert-OH is 5. The number of nitrogens with one attached hydrogen (secondary N) is 1. The van der Waals surface area contributed by atoms with Crippen molar-refractivity contribution in [2.24, 2.45) is 0 Å². The smallest absolute Gasteiger partial charge is 0.220 e. The Bertz CT molecular complexity index is 883. The van der Waals surface area contributed by atoms with Crippen molar-refractivity contribution in [1.29, 1.82) is 0 Å². The largest absolute Gasteiger partial charge is 0.394 e. The van der Waals surface area contributed by atoms with Gasteiger partial charge >= 0.3 is 0 Å². The summed E-state index contributed by atoms with van der Waals surface area (Å²) in [7, 11) is 0. The number of aliphatic hydroxyl groups is 5. The van der Waals surface area contributed by atoms with Gasteiger partial charge in [-0.1, -0.05) is 173 Å². The Morgan fingerprint density at radius 2 is 1.09 bits per heavy atom. The molecule has 1 heterocycles. The normalized spacial score (nSPS) is 21.8. The van der Waals surface area contributed by atoms with Crippen molar-refractivity contribution >= 4 is 5.91 Å². The van der Waals surface area contributed by atoms with Gasteiger partial charge in [-0.3, -0.25) is 4.79 Å². The van der Waals surface area contributed by atoms with Crippen molar-refractivity contribution in [2.45, 2.75) is 236 Å². The molecule has 0 aromatic carbocycles. The first kappa shape index (κ1) is 49.7. The van der Waals surface area contributed by atoms with Gasteiger partial charge in [-0.05, 0) is 38.5 Å². The molecular weight excluding hydrogens is 670 g/mol. The van der Waals surface area contributed by atoms with E-state index in [1.165, 1.54) is 128 Å². The van der Waals surface area contributed by atoms with E-state index >= 15 is 0 Å². The summed E-state index contributed by atoms with van der Waals surface area (Å²) in [6.45, 7) is 3.71. The van der Waals surface area contributed by atoms with E-state index in [1.807, 2.05) is 6.08 Å². The van der Waals surface area contributed by atoms with Crippen LogP contribution in [0.25, 0.3) is 0 Å². The molecule has 0 aromatic rings. The monoisotopic (exact) mass is 754 g/mol. The predicted octanol–water partition coefficient (Wildman–Crippen LogP) is 8.72. The lowest BCUT2D eigenvalue weighted by molar-refractivity contribution is -0.302. The Kier molecular flexibility index (Phi) is 32.9. The van der Waals surface area contributed by atoms with E-state index in [-0.39, 0.29) is 12.5 Å². The van der Waals surface area contributed by atoms with Gasteiger partial charge in [0.15, 0.2) is 6.29 Å². The lowest BCUT2D eigenvalue weighted by Gasteiger charge is -2.40. The molecule has 312 valence electrons. The first-order valence-electron chi connectivity index (χ1n) is 22.1. The van der Waals surface area contributed by atoms with Gasteiger partial charge in [-0.15, -0.1) is 0 Å². The molecular formula is C44H83NO8. The lowest BCUT2D eigenvalue weighted by Crippen LogP contribution is -2.60. The molecule has 0 radical (unpaired) electrons. The molecule has 0 aliphatic carbocycles. The van der Waals surface area contributed by atoms with Crippen LogP contribution in [0.3, 0.4) is 0 Å². The minimum Gasteiger partial charge on any atom is -0.394 e. The van der Waals surface area contributed by atoms with Gasteiger partial charge in [-0.2, -0.15) is 0 Å². The summed E-state index contributed by atoms with van der Waals surface area (Å²) in [6, 6.07) is -0.803. The summed E-state index contributed by atoms with van der Waals surface area (Å²) < 4.78 is 11.2. The van der Waals surface area contributed by atoms with Gasteiger partial charge in [0.25, 0.3) is 0 Å². The van der Waals surface area contributed by atoms with E-state index in [4.69, 9.17) is 9.47 Å². The zero-order valence-corrected chi connectivity index (χ0v) is 34.0. The maximum Gasteiger partial charge on any atom is 0.220 e. The molecule has 53 heavy (non-hydrogen) atoms. The quantitative estimate of drug-likeness (QED) is 0.0275. The highest BCUT2D eigenvalue weighted by Gasteiger charge is 2.44. The summed E-state index contributed by atoms with van der Waals surface area (Å²) in [5.74, 6) is -0.179. The van der Waals surface area contributed by atoms with Crippen LogP contribution in [-0.4, -0.2) is 87.5 Å². The highest BCUT2D eigenvalue weighted by atomic mass is 16.7. The van der Waals surface area contributed by atoms with Crippen LogP contribution in [0, 0.1) is 0 Å². The van der Waals surface area contributed by atoms with Gasteiger partial charge in [0, 0.05) is 6.42 Å². The highest BCUT2D eigenvalue weighted by Crippen LogP contribution is 2.22. The number of amides is 1. The Labute approximate surface area is 324 Å². The second kappa shape index (κ2) is 35.1. The van der Waals surface area contributed by atoms with E-state index in [2.05, 4.69) is 31.3 Å². The summed E-state index contributed by atoms with van der Waals surface area (Å²) >= 11 is 0. The number of allylic oxidation sites excluding steroid dienone is 3. The Balaban J connectivity index is 2.36. The van der Waals surface area contributed by atoms with Crippen molar-refractivity contribution in [3.63, 3.8) is 0 Å². The third-order valence-corrected chi connectivity index (χ3v) is 10.5. The fraction of sp³-hybridized carbons (Fsp3) is 0.886. The topological polar surface area (TPSA) is 149 Å². The summed E-state index contributed by atoms with van der Waals surface area (Å²) in [4.78, 5) is 12.9. The van der Waals surface area contributed by atoms with E-state index in [0.29, 0.717) is 6.42 Å². The molecule has 0 aromatic heterocycles. The maximum absolute atomic E-state index is 12.9. The van der Waals surface area contributed by atoms with E-state index in [1.54, 1.807) is 6.08 Å². The van der Waals surface area contributed by atoms with Crippen molar-refractivity contribution in [3.8, 4) is 0 Å². The molecule has 1 aliphatic heterocycles. The van der Waals surface area contributed by atoms with Crippen LogP contribution in [0.1, 0.15) is 194 Å². The number of rotatable bonds is 36. The molecule has 9 heteroatoms. The Hall–Kier alpha value is -1.33. The second-order valence-corrected chi connectivity index (χ2v) is 15.5. The van der Waals surface area contributed by atoms with Crippen molar-refractivity contribution in [2.75, 3.05) is 13.2 Å². The van der Waals surface area contributed by atoms with Crippen molar-refractivity contribution in [3.05, 3.63) is 24.3 Å². The molecule has 7 atom stereocenters. The fourth-order valence-corrected chi connectivity index (χ4v) is 6.92. The molecule has 6 N–H and O–H groups in total. The van der Waals surface area contributed by atoms with Crippen LogP contribution in [0.5, 0.6) is 0 Å². The van der Waals surface area contributed by atoms with Crippen LogP contribution < -0.4 is 5.32 Å².